The Balaban J connectivity index is 1.70. The highest BCUT2D eigenvalue weighted by Crippen LogP contribution is 2.21. The van der Waals surface area contributed by atoms with Gasteiger partial charge in [0.15, 0.2) is 0 Å². The number of nitrogens with one attached hydrogen (secondary N) is 1. The van der Waals surface area contributed by atoms with Crippen LogP contribution >= 0.6 is 11.3 Å². The number of nitrogens with zero attached hydrogens (tertiary/aromatic N) is 1. The predicted octanol–water partition coefficient (Wildman–Crippen LogP) is 2.55. The Morgan fingerprint density at radius 3 is 2.75 bits per heavy atom. The molecule has 0 radical (unpaired) electrons. The molecule has 0 atom stereocenters. The molecule has 1 aromatic heterocycles. The second kappa shape index (κ2) is 5.30. The van der Waals surface area contributed by atoms with Gasteiger partial charge in [-0.2, -0.15) is 0 Å². The number of thiophene rings is 1. The van der Waals surface area contributed by atoms with Gasteiger partial charge in [0.1, 0.15) is 0 Å². The van der Waals surface area contributed by atoms with Crippen LogP contribution in [0.3, 0.4) is 0 Å². The third-order valence-electron chi connectivity index (χ3n) is 3.15. The molecule has 0 saturated heterocycles. The summed E-state index contributed by atoms with van der Waals surface area (Å²) in [7, 11) is 2.21. The minimum atomic E-state index is 0.833. The van der Waals surface area contributed by atoms with E-state index in [1.54, 1.807) is 0 Å². The summed E-state index contributed by atoms with van der Waals surface area (Å²) in [5.74, 6) is 0. The van der Waals surface area contributed by atoms with E-state index in [2.05, 4.69) is 37.2 Å². The van der Waals surface area contributed by atoms with Gasteiger partial charge in [-0.15, -0.1) is 11.3 Å². The van der Waals surface area contributed by atoms with Gasteiger partial charge in [0, 0.05) is 35.4 Å². The maximum Gasteiger partial charge on any atom is 0.0325 e. The molecule has 2 nitrogen and oxygen atoms in total. The Bertz CT molecular complexity index is 322. The molecule has 0 aliphatic heterocycles. The Labute approximate surface area is 103 Å². The number of rotatable bonds is 6. The fourth-order valence-corrected chi connectivity index (χ4v) is 2.95. The first kappa shape index (κ1) is 12.1. The van der Waals surface area contributed by atoms with Crippen LogP contribution in [0, 0.1) is 13.8 Å². The van der Waals surface area contributed by atoms with Crippen LogP contribution in [0.5, 0.6) is 0 Å². The van der Waals surface area contributed by atoms with E-state index >= 15 is 0 Å². The number of aryl methyl sites for hydroxylation is 2. The molecule has 2 rings (SSSR count). The molecule has 16 heavy (non-hydrogen) atoms. The molecule has 1 fully saturated rings. The van der Waals surface area contributed by atoms with Crippen molar-refractivity contribution in [2.45, 2.75) is 39.3 Å². The molecule has 0 amide bonds. The first-order valence-corrected chi connectivity index (χ1v) is 6.94. The smallest absolute Gasteiger partial charge is 0.0325 e. The van der Waals surface area contributed by atoms with Gasteiger partial charge in [-0.25, -0.2) is 0 Å². The van der Waals surface area contributed by atoms with Crippen LogP contribution in [0.4, 0.5) is 0 Å². The zero-order chi connectivity index (χ0) is 11.5. The average Bonchev–Trinajstić information content (AvgIpc) is 2.96. The summed E-state index contributed by atoms with van der Waals surface area (Å²) in [6.45, 7) is 7.77. The van der Waals surface area contributed by atoms with Gasteiger partial charge in [0.05, 0.1) is 0 Å². The second-order valence-corrected chi connectivity index (χ2v) is 6.26. The number of hydrogen-bond acceptors (Lipinski definition) is 3. The van der Waals surface area contributed by atoms with E-state index in [1.807, 2.05) is 11.3 Å². The van der Waals surface area contributed by atoms with E-state index in [9.17, 15) is 0 Å². The van der Waals surface area contributed by atoms with Crippen LogP contribution in [0.15, 0.2) is 6.07 Å². The molecule has 1 N–H and O–H groups in total. The van der Waals surface area contributed by atoms with E-state index in [0.29, 0.717) is 0 Å². The normalized spacial score (nSPS) is 16.0. The summed E-state index contributed by atoms with van der Waals surface area (Å²) in [6, 6.07) is 3.16. The molecule has 90 valence electrons. The maximum absolute atomic E-state index is 3.55. The average molecular weight is 238 g/mol. The van der Waals surface area contributed by atoms with Gasteiger partial charge in [-0.3, -0.25) is 0 Å². The van der Waals surface area contributed by atoms with Gasteiger partial charge < -0.3 is 10.2 Å². The van der Waals surface area contributed by atoms with E-state index in [0.717, 1.165) is 25.7 Å². The molecular formula is C13H22N2S. The van der Waals surface area contributed by atoms with E-state index < -0.39 is 0 Å². The zero-order valence-electron chi connectivity index (χ0n) is 10.5. The number of likely N-dealkylation sites (N-methyl/N-ethyl adjacent to an activating group) is 1. The molecular weight excluding hydrogens is 216 g/mol. The molecule has 0 bridgehead atoms. The largest absolute Gasteiger partial charge is 0.313 e. The van der Waals surface area contributed by atoms with Crippen molar-refractivity contribution in [3.8, 4) is 0 Å². The van der Waals surface area contributed by atoms with Crippen molar-refractivity contribution < 1.29 is 0 Å². The highest BCUT2D eigenvalue weighted by molar-refractivity contribution is 7.12. The Kier molecular flexibility index (Phi) is 4.00. The van der Waals surface area contributed by atoms with Crippen molar-refractivity contribution in [2.75, 3.05) is 20.1 Å². The van der Waals surface area contributed by atoms with E-state index in [-0.39, 0.29) is 0 Å². The molecule has 1 heterocycles. The van der Waals surface area contributed by atoms with Gasteiger partial charge in [-0.05, 0) is 45.4 Å². The standard InChI is InChI=1S/C13H22N2S/c1-10-8-13(16-11(10)2)9-15(3)7-6-14-12-4-5-12/h8,12,14H,4-7,9H2,1-3H3. The molecule has 1 saturated carbocycles. The monoisotopic (exact) mass is 238 g/mol. The summed E-state index contributed by atoms with van der Waals surface area (Å²) >= 11 is 1.93. The summed E-state index contributed by atoms with van der Waals surface area (Å²) < 4.78 is 0. The zero-order valence-corrected chi connectivity index (χ0v) is 11.4. The highest BCUT2D eigenvalue weighted by Gasteiger charge is 2.19. The summed E-state index contributed by atoms with van der Waals surface area (Å²) in [4.78, 5) is 5.35. The minimum absolute atomic E-state index is 0.833. The lowest BCUT2D eigenvalue weighted by Gasteiger charge is -2.15. The quantitative estimate of drug-likeness (QED) is 0.819. The fourth-order valence-electron chi connectivity index (χ4n) is 1.82. The molecule has 1 aromatic rings. The first-order chi connectivity index (χ1) is 7.65. The first-order valence-electron chi connectivity index (χ1n) is 6.13. The van der Waals surface area contributed by atoms with E-state index in [4.69, 9.17) is 0 Å². The third-order valence-corrected chi connectivity index (χ3v) is 4.28. The van der Waals surface area contributed by atoms with Crippen LogP contribution in [0.2, 0.25) is 0 Å². The lowest BCUT2D eigenvalue weighted by atomic mass is 10.3. The third kappa shape index (κ3) is 3.58. The lowest BCUT2D eigenvalue weighted by Crippen LogP contribution is -2.29. The predicted molar refractivity (Wildman–Crippen MR) is 71.2 cm³/mol. The van der Waals surface area contributed by atoms with Crippen molar-refractivity contribution in [1.29, 1.82) is 0 Å². The summed E-state index contributed by atoms with van der Waals surface area (Å²) in [6.07, 6.45) is 2.76. The maximum atomic E-state index is 3.55. The van der Waals surface area contributed by atoms with Crippen molar-refractivity contribution in [3.63, 3.8) is 0 Å². The molecule has 3 heteroatoms. The minimum Gasteiger partial charge on any atom is -0.313 e. The van der Waals surface area contributed by atoms with Crippen molar-refractivity contribution in [2.24, 2.45) is 0 Å². The van der Waals surface area contributed by atoms with Gasteiger partial charge in [-0.1, -0.05) is 0 Å². The van der Waals surface area contributed by atoms with Crippen LogP contribution < -0.4 is 5.32 Å². The van der Waals surface area contributed by atoms with Crippen LogP contribution in [0.1, 0.15) is 28.2 Å². The number of hydrogen-bond donors (Lipinski definition) is 1. The van der Waals surface area contributed by atoms with Gasteiger partial charge >= 0.3 is 0 Å². The van der Waals surface area contributed by atoms with Crippen LogP contribution in [0.25, 0.3) is 0 Å². The van der Waals surface area contributed by atoms with Crippen LogP contribution in [-0.2, 0) is 6.54 Å². The highest BCUT2D eigenvalue weighted by atomic mass is 32.1. The SMILES string of the molecule is Cc1cc(CN(C)CCNC2CC2)sc1C. The summed E-state index contributed by atoms with van der Waals surface area (Å²) in [5, 5.41) is 3.55. The Hall–Kier alpha value is -0.380. The molecule has 0 spiro atoms. The van der Waals surface area contributed by atoms with Crippen molar-refractivity contribution in [3.05, 3.63) is 21.4 Å². The van der Waals surface area contributed by atoms with Gasteiger partial charge in [0.2, 0.25) is 0 Å². The molecule has 1 aliphatic carbocycles. The lowest BCUT2D eigenvalue weighted by molar-refractivity contribution is 0.326. The fraction of sp³-hybridized carbons (Fsp3) is 0.692. The van der Waals surface area contributed by atoms with E-state index in [1.165, 1.54) is 28.2 Å². The summed E-state index contributed by atoms with van der Waals surface area (Å²) in [5.41, 5.74) is 1.43. The van der Waals surface area contributed by atoms with Crippen LogP contribution in [-0.4, -0.2) is 31.1 Å². The second-order valence-electron chi connectivity index (χ2n) is 4.92. The topological polar surface area (TPSA) is 15.3 Å². The molecule has 0 aromatic carbocycles. The molecule has 1 aliphatic rings. The van der Waals surface area contributed by atoms with Gasteiger partial charge in [0.25, 0.3) is 0 Å². The van der Waals surface area contributed by atoms with Crippen molar-refractivity contribution in [1.82, 2.24) is 10.2 Å². The molecule has 0 unspecified atom stereocenters. The Morgan fingerprint density at radius 2 is 2.19 bits per heavy atom. The Morgan fingerprint density at radius 1 is 1.44 bits per heavy atom. The van der Waals surface area contributed by atoms with Crippen molar-refractivity contribution >= 4 is 11.3 Å².